The Hall–Kier alpha value is -1.35. The van der Waals surface area contributed by atoms with Gasteiger partial charge in [0.1, 0.15) is 0 Å². The fourth-order valence-corrected chi connectivity index (χ4v) is 1.23. The number of nitrogens with two attached hydrogens (primary N) is 1. The molecule has 3 N–H and O–H groups in total. The van der Waals surface area contributed by atoms with Crippen LogP contribution in [0.25, 0.3) is 0 Å². The molecule has 0 aromatic heterocycles. The molecule has 0 heterocycles. The lowest BCUT2D eigenvalue weighted by Gasteiger charge is -2.19. The van der Waals surface area contributed by atoms with Crippen LogP contribution in [0, 0.1) is 6.92 Å². The molecule has 1 rings (SSSR count). The molecule has 0 aliphatic heterocycles. The normalized spacial score (nSPS) is 11.2. The lowest BCUT2D eigenvalue weighted by molar-refractivity contribution is 0.0945. The zero-order chi connectivity index (χ0) is 11.5. The van der Waals surface area contributed by atoms with E-state index in [0.717, 1.165) is 5.56 Å². The summed E-state index contributed by atoms with van der Waals surface area (Å²) in [5.74, 6) is -0.0633. The third kappa shape index (κ3) is 3.72. The maximum Gasteiger partial charge on any atom is 0.251 e. The Bertz CT molecular complexity index is 353. The highest BCUT2D eigenvalue weighted by Crippen LogP contribution is 2.06. The van der Waals surface area contributed by atoms with E-state index in [-0.39, 0.29) is 11.4 Å². The van der Waals surface area contributed by atoms with E-state index in [9.17, 15) is 4.79 Å². The smallest absolute Gasteiger partial charge is 0.251 e. The van der Waals surface area contributed by atoms with Crippen molar-refractivity contribution in [3.63, 3.8) is 0 Å². The van der Waals surface area contributed by atoms with Gasteiger partial charge in [-0.15, -0.1) is 0 Å². The fourth-order valence-electron chi connectivity index (χ4n) is 1.23. The number of nitrogens with one attached hydrogen (secondary N) is 1. The molecule has 1 amide bonds. The van der Waals surface area contributed by atoms with Gasteiger partial charge in [0.15, 0.2) is 0 Å². The Kier molecular flexibility index (Phi) is 3.48. The minimum absolute atomic E-state index is 0.0633. The first kappa shape index (κ1) is 11.7. The van der Waals surface area contributed by atoms with Gasteiger partial charge < -0.3 is 11.1 Å². The standard InChI is InChI=1S/C12H18N2O/c1-9-6-4-5-7-10(9)11(15)14-8-12(2,3)13/h4-7H,8,13H2,1-3H3,(H,14,15). The van der Waals surface area contributed by atoms with Crippen LogP contribution in [0.15, 0.2) is 24.3 Å². The Balaban J connectivity index is 2.66. The van der Waals surface area contributed by atoms with Crippen molar-refractivity contribution in [2.24, 2.45) is 5.73 Å². The number of rotatable bonds is 3. The lowest BCUT2D eigenvalue weighted by atomic mass is 10.1. The van der Waals surface area contributed by atoms with Crippen molar-refractivity contribution >= 4 is 5.91 Å². The first-order valence-corrected chi connectivity index (χ1v) is 5.03. The van der Waals surface area contributed by atoms with Crippen LogP contribution in [0.4, 0.5) is 0 Å². The van der Waals surface area contributed by atoms with E-state index in [2.05, 4.69) is 5.32 Å². The average Bonchev–Trinajstić information content (AvgIpc) is 2.14. The SMILES string of the molecule is Cc1ccccc1C(=O)NCC(C)(C)N. The molecule has 1 aromatic rings. The van der Waals surface area contributed by atoms with E-state index < -0.39 is 0 Å². The summed E-state index contributed by atoms with van der Waals surface area (Å²) in [5.41, 5.74) is 7.10. The van der Waals surface area contributed by atoms with Gasteiger partial charge in [0.05, 0.1) is 0 Å². The van der Waals surface area contributed by atoms with Crippen LogP contribution in [0.1, 0.15) is 29.8 Å². The summed E-state index contributed by atoms with van der Waals surface area (Å²) < 4.78 is 0. The topological polar surface area (TPSA) is 55.1 Å². The average molecular weight is 206 g/mol. The molecule has 0 aliphatic rings. The summed E-state index contributed by atoms with van der Waals surface area (Å²) in [6, 6.07) is 7.51. The second-order valence-electron chi connectivity index (χ2n) is 4.49. The second-order valence-corrected chi connectivity index (χ2v) is 4.49. The molecule has 82 valence electrons. The number of carbonyl (C=O) groups excluding carboxylic acids is 1. The van der Waals surface area contributed by atoms with E-state index in [1.54, 1.807) is 0 Å². The maximum absolute atomic E-state index is 11.7. The van der Waals surface area contributed by atoms with Crippen LogP contribution in [0.5, 0.6) is 0 Å². The number of benzene rings is 1. The fraction of sp³-hybridized carbons (Fsp3) is 0.417. The Morgan fingerprint density at radius 1 is 1.40 bits per heavy atom. The molecule has 0 spiro atoms. The molecule has 0 fully saturated rings. The predicted octanol–water partition coefficient (Wildman–Crippen LogP) is 1.46. The van der Waals surface area contributed by atoms with Crippen molar-refractivity contribution in [1.29, 1.82) is 0 Å². The highest BCUT2D eigenvalue weighted by Gasteiger charge is 2.13. The molecule has 3 nitrogen and oxygen atoms in total. The van der Waals surface area contributed by atoms with Gasteiger partial charge in [-0.05, 0) is 32.4 Å². The van der Waals surface area contributed by atoms with Crippen LogP contribution in [-0.4, -0.2) is 18.0 Å². The zero-order valence-corrected chi connectivity index (χ0v) is 9.50. The first-order valence-electron chi connectivity index (χ1n) is 5.03. The molecule has 3 heteroatoms. The molecule has 0 aliphatic carbocycles. The molecule has 0 saturated heterocycles. The van der Waals surface area contributed by atoms with Crippen LogP contribution in [0.3, 0.4) is 0 Å². The van der Waals surface area contributed by atoms with Crippen molar-refractivity contribution in [2.75, 3.05) is 6.54 Å². The molecule has 1 aromatic carbocycles. The highest BCUT2D eigenvalue weighted by atomic mass is 16.1. The number of carbonyl (C=O) groups is 1. The van der Waals surface area contributed by atoms with Crippen LogP contribution in [0.2, 0.25) is 0 Å². The van der Waals surface area contributed by atoms with Gasteiger partial charge in [-0.25, -0.2) is 0 Å². The van der Waals surface area contributed by atoms with Gasteiger partial charge in [0.2, 0.25) is 0 Å². The summed E-state index contributed by atoms with van der Waals surface area (Å²) >= 11 is 0. The second kappa shape index (κ2) is 4.45. The molecule has 0 radical (unpaired) electrons. The summed E-state index contributed by atoms with van der Waals surface area (Å²) in [5, 5.41) is 2.82. The zero-order valence-electron chi connectivity index (χ0n) is 9.50. The van der Waals surface area contributed by atoms with Crippen LogP contribution < -0.4 is 11.1 Å². The molecule has 0 atom stereocenters. The van der Waals surface area contributed by atoms with Gasteiger partial charge in [-0.1, -0.05) is 18.2 Å². The van der Waals surface area contributed by atoms with Crippen LogP contribution >= 0.6 is 0 Å². The van der Waals surface area contributed by atoms with Gasteiger partial charge in [-0.3, -0.25) is 4.79 Å². The number of aryl methyl sites for hydroxylation is 1. The number of amides is 1. The van der Waals surface area contributed by atoms with Crippen molar-refractivity contribution in [3.05, 3.63) is 35.4 Å². The van der Waals surface area contributed by atoms with Gasteiger partial charge in [-0.2, -0.15) is 0 Å². The molecule has 0 bridgehead atoms. The monoisotopic (exact) mass is 206 g/mol. The summed E-state index contributed by atoms with van der Waals surface area (Å²) in [6.07, 6.45) is 0. The maximum atomic E-state index is 11.7. The van der Waals surface area contributed by atoms with Gasteiger partial charge in [0.25, 0.3) is 5.91 Å². The Morgan fingerprint density at radius 2 is 2.00 bits per heavy atom. The summed E-state index contributed by atoms with van der Waals surface area (Å²) in [4.78, 5) is 11.7. The van der Waals surface area contributed by atoms with E-state index >= 15 is 0 Å². The molecule has 0 unspecified atom stereocenters. The third-order valence-electron chi connectivity index (χ3n) is 2.09. The Morgan fingerprint density at radius 3 is 2.53 bits per heavy atom. The largest absolute Gasteiger partial charge is 0.350 e. The minimum Gasteiger partial charge on any atom is -0.350 e. The van der Waals surface area contributed by atoms with E-state index in [1.807, 2.05) is 45.0 Å². The van der Waals surface area contributed by atoms with E-state index in [0.29, 0.717) is 12.1 Å². The number of hydrogen-bond donors (Lipinski definition) is 2. The number of hydrogen-bond acceptors (Lipinski definition) is 2. The van der Waals surface area contributed by atoms with Crippen LogP contribution in [-0.2, 0) is 0 Å². The van der Waals surface area contributed by atoms with Crippen molar-refractivity contribution in [1.82, 2.24) is 5.32 Å². The molecule has 0 saturated carbocycles. The van der Waals surface area contributed by atoms with Gasteiger partial charge in [0, 0.05) is 17.6 Å². The molecular formula is C12H18N2O. The quantitative estimate of drug-likeness (QED) is 0.786. The lowest BCUT2D eigenvalue weighted by Crippen LogP contribution is -2.45. The first-order chi connectivity index (χ1) is 6.90. The molecule has 15 heavy (non-hydrogen) atoms. The Labute approximate surface area is 90.7 Å². The van der Waals surface area contributed by atoms with Crippen molar-refractivity contribution < 1.29 is 4.79 Å². The third-order valence-corrected chi connectivity index (χ3v) is 2.09. The van der Waals surface area contributed by atoms with Gasteiger partial charge >= 0.3 is 0 Å². The van der Waals surface area contributed by atoms with E-state index in [1.165, 1.54) is 0 Å². The minimum atomic E-state index is -0.377. The molecular weight excluding hydrogens is 188 g/mol. The summed E-state index contributed by atoms with van der Waals surface area (Å²) in [6.45, 7) is 6.15. The van der Waals surface area contributed by atoms with Crippen molar-refractivity contribution in [3.8, 4) is 0 Å². The predicted molar refractivity (Wildman–Crippen MR) is 61.8 cm³/mol. The summed E-state index contributed by atoms with van der Waals surface area (Å²) in [7, 11) is 0. The van der Waals surface area contributed by atoms with E-state index in [4.69, 9.17) is 5.73 Å². The van der Waals surface area contributed by atoms with Crippen molar-refractivity contribution in [2.45, 2.75) is 26.3 Å². The highest BCUT2D eigenvalue weighted by molar-refractivity contribution is 5.95.